The van der Waals surface area contributed by atoms with Gasteiger partial charge in [-0.05, 0) is 29.3 Å². The van der Waals surface area contributed by atoms with Crippen molar-refractivity contribution in [3.8, 4) is 0 Å². The average Bonchev–Trinajstić information content (AvgIpc) is 2.54. The average molecular weight is 309 g/mol. The lowest BCUT2D eigenvalue weighted by Crippen LogP contribution is -1.84. The van der Waals surface area contributed by atoms with Crippen LogP contribution < -0.4 is 0 Å². The zero-order valence-electron chi connectivity index (χ0n) is 11.6. The Morgan fingerprint density at radius 2 is 1.68 bits per heavy atom. The molecule has 0 aliphatic carbocycles. The van der Waals surface area contributed by atoms with Crippen LogP contribution in [0.25, 0.3) is 33.5 Å². The third kappa shape index (κ3) is 3.44. The van der Waals surface area contributed by atoms with Crippen LogP contribution >= 0.6 is 12.4 Å². The summed E-state index contributed by atoms with van der Waals surface area (Å²) in [6.07, 6.45) is 3.82. The summed E-state index contributed by atoms with van der Waals surface area (Å²) in [5.41, 5.74) is 11.8. The third-order valence-corrected chi connectivity index (χ3v) is 3.12. The largest absolute Gasteiger partial charge is 0.248 e. The van der Waals surface area contributed by atoms with Crippen LogP contribution in [0.1, 0.15) is 11.3 Å². The van der Waals surface area contributed by atoms with Crippen molar-refractivity contribution in [1.29, 1.82) is 0 Å². The van der Waals surface area contributed by atoms with E-state index in [9.17, 15) is 0 Å². The van der Waals surface area contributed by atoms with Crippen molar-refractivity contribution in [2.24, 2.45) is 5.11 Å². The fourth-order valence-corrected chi connectivity index (χ4v) is 2.11. The summed E-state index contributed by atoms with van der Waals surface area (Å²) in [5, 5.41) is 4.69. The zero-order valence-corrected chi connectivity index (χ0v) is 12.4. The highest BCUT2D eigenvalue weighted by Gasteiger charge is 2.02. The first-order chi connectivity index (χ1) is 10.4. The Morgan fingerprint density at radius 1 is 0.955 bits per heavy atom. The summed E-state index contributed by atoms with van der Waals surface area (Å²) in [4.78, 5) is 7.44. The molecule has 0 N–H and O–H groups in total. The maximum absolute atomic E-state index is 8.71. The van der Waals surface area contributed by atoms with Crippen molar-refractivity contribution in [1.82, 2.24) is 4.98 Å². The third-order valence-electron chi connectivity index (χ3n) is 3.12. The molecule has 2 aromatic carbocycles. The van der Waals surface area contributed by atoms with Crippen molar-refractivity contribution in [3.05, 3.63) is 82.4 Å². The maximum Gasteiger partial charge on any atom is 0.0733 e. The number of pyridine rings is 1. The summed E-state index contributed by atoms with van der Waals surface area (Å²) < 4.78 is 0. The number of halogens is 1. The van der Waals surface area contributed by atoms with Crippen molar-refractivity contribution >= 4 is 41.1 Å². The minimum absolute atomic E-state index is 0. The summed E-state index contributed by atoms with van der Waals surface area (Å²) in [6.45, 7) is 0. The molecule has 0 atom stereocenters. The molecule has 4 nitrogen and oxygen atoms in total. The van der Waals surface area contributed by atoms with Crippen molar-refractivity contribution < 1.29 is 0 Å². The monoisotopic (exact) mass is 308 g/mol. The highest BCUT2D eigenvalue weighted by Crippen LogP contribution is 2.25. The van der Waals surface area contributed by atoms with E-state index in [2.05, 4.69) is 15.0 Å². The number of para-hydroxylation sites is 1. The van der Waals surface area contributed by atoms with Crippen LogP contribution in [0.5, 0.6) is 0 Å². The molecule has 5 heteroatoms. The van der Waals surface area contributed by atoms with Gasteiger partial charge in [-0.15, -0.1) is 12.4 Å². The Labute approximate surface area is 134 Å². The number of aromatic nitrogens is 1. The Hall–Kier alpha value is -2.81. The van der Waals surface area contributed by atoms with Gasteiger partial charge in [0.25, 0.3) is 0 Å². The predicted octanol–water partition coefficient (Wildman–Crippen LogP) is 5.77. The number of nitrogens with zero attached hydrogens (tertiary/aromatic N) is 4. The molecule has 1 heterocycles. The fourth-order valence-electron chi connectivity index (χ4n) is 2.11. The molecule has 0 amide bonds. The molecule has 0 bridgehead atoms. The summed E-state index contributed by atoms with van der Waals surface area (Å²) in [5.74, 6) is 0. The molecule has 0 radical (unpaired) electrons. The standard InChI is InChI=1S/C17H12N4.ClH/c18-21-20-17-12-14-8-4-5-9-15(14)19-16(17)11-10-13-6-2-1-3-7-13;/h1-12H;1H. The smallest absolute Gasteiger partial charge is 0.0733 e. The van der Waals surface area contributed by atoms with Crippen molar-refractivity contribution in [3.63, 3.8) is 0 Å². The first kappa shape index (κ1) is 15.6. The highest BCUT2D eigenvalue weighted by atomic mass is 35.5. The molecular weight excluding hydrogens is 296 g/mol. The molecule has 22 heavy (non-hydrogen) atoms. The minimum atomic E-state index is 0. The number of hydrogen-bond acceptors (Lipinski definition) is 2. The van der Waals surface area contributed by atoms with E-state index < -0.39 is 0 Å². The molecule has 3 aromatic rings. The second-order valence-electron chi connectivity index (χ2n) is 4.52. The van der Waals surface area contributed by atoms with Crippen LogP contribution in [0.4, 0.5) is 5.69 Å². The number of fused-ring (bicyclic) bond motifs is 1. The second kappa shape index (κ2) is 7.27. The molecule has 1 aromatic heterocycles. The summed E-state index contributed by atoms with van der Waals surface area (Å²) in [7, 11) is 0. The Morgan fingerprint density at radius 3 is 2.45 bits per heavy atom. The summed E-state index contributed by atoms with van der Waals surface area (Å²) in [6, 6.07) is 19.5. The van der Waals surface area contributed by atoms with E-state index in [1.54, 1.807) is 0 Å². The predicted molar refractivity (Wildman–Crippen MR) is 93.2 cm³/mol. The van der Waals surface area contributed by atoms with Gasteiger partial charge in [0, 0.05) is 10.3 Å². The van der Waals surface area contributed by atoms with Crippen molar-refractivity contribution in [2.45, 2.75) is 0 Å². The second-order valence-corrected chi connectivity index (χ2v) is 4.52. The van der Waals surface area contributed by atoms with Gasteiger partial charge in [0.15, 0.2) is 0 Å². The number of rotatable bonds is 3. The Bertz CT molecular complexity index is 853. The molecule has 108 valence electrons. The van der Waals surface area contributed by atoms with Gasteiger partial charge in [-0.1, -0.05) is 59.7 Å². The van der Waals surface area contributed by atoms with E-state index in [1.165, 1.54) is 0 Å². The first-order valence-corrected chi connectivity index (χ1v) is 6.55. The van der Waals surface area contributed by atoms with Gasteiger partial charge >= 0.3 is 0 Å². The summed E-state index contributed by atoms with van der Waals surface area (Å²) >= 11 is 0. The molecular formula is C17H13ClN4. The quantitative estimate of drug-likeness (QED) is 0.344. The van der Waals surface area contributed by atoms with Crippen LogP contribution in [-0.2, 0) is 0 Å². The van der Waals surface area contributed by atoms with Crippen molar-refractivity contribution in [2.75, 3.05) is 0 Å². The maximum atomic E-state index is 8.71. The molecule has 3 rings (SSSR count). The van der Waals surface area contributed by atoms with Gasteiger partial charge in [0.1, 0.15) is 0 Å². The SMILES string of the molecule is Cl.[N-]=[N+]=Nc1cc2ccccc2nc1C=Cc1ccccc1. The van der Waals surface area contributed by atoms with E-state index in [-0.39, 0.29) is 12.4 Å². The minimum Gasteiger partial charge on any atom is -0.248 e. The van der Waals surface area contributed by atoms with Crippen LogP contribution in [0.15, 0.2) is 65.8 Å². The molecule has 0 spiro atoms. The van der Waals surface area contributed by atoms with Crippen LogP contribution in [0, 0.1) is 0 Å². The topological polar surface area (TPSA) is 61.7 Å². The van der Waals surface area contributed by atoms with Crippen LogP contribution in [-0.4, -0.2) is 4.98 Å². The van der Waals surface area contributed by atoms with E-state index in [0.717, 1.165) is 16.5 Å². The molecule has 0 aliphatic heterocycles. The number of azide groups is 1. The van der Waals surface area contributed by atoms with E-state index in [0.29, 0.717) is 11.4 Å². The number of hydrogen-bond donors (Lipinski definition) is 0. The molecule has 0 saturated heterocycles. The molecule has 0 fully saturated rings. The van der Waals surface area contributed by atoms with E-state index >= 15 is 0 Å². The van der Waals surface area contributed by atoms with Gasteiger partial charge in [-0.25, -0.2) is 4.98 Å². The Kier molecular flexibility index (Phi) is 5.15. The molecule has 0 saturated carbocycles. The molecule has 0 aliphatic rings. The normalized spacial score (nSPS) is 10.2. The van der Waals surface area contributed by atoms with E-state index in [1.807, 2.05) is 72.8 Å². The zero-order chi connectivity index (χ0) is 14.5. The van der Waals surface area contributed by atoms with Gasteiger partial charge in [0.05, 0.1) is 16.9 Å². The van der Waals surface area contributed by atoms with Gasteiger partial charge in [-0.3, -0.25) is 0 Å². The lowest BCUT2D eigenvalue weighted by atomic mass is 10.1. The molecule has 0 unspecified atom stereocenters. The van der Waals surface area contributed by atoms with Crippen LogP contribution in [0.3, 0.4) is 0 Å². The van der Waals surface area contributed by atoms with Crippen LogP contribution in [0.2, 0.25) is 0 Å². The Balaban J connectivity index is 0.00000176. The fraction of sp³-hybridized carbons (Fsp3) is 0. The van der Waals surface area contributed by atoms with E-state index in [4.69, 9.17) is 5.53 Å². The lowest BCUT2D eigenvalue weighted by Gasteiger charge is -2.03. The van der Waals surface area contributed by atoms with Gasteiger partial charge in [0.2, 0.25) is 0 Å². The van der Waals surface area contributed by atoms with Gasteiger partial charge < -0.3 is 0 Å². The van der Waals surface area contributed by atoms with Gasteiger partial charge in [-0.2, -0.15) is 0 Å². The first-order valence-electron chi connectivity index (χ1n) is 6.55. The highest BCUT2D eigenvalue weighted by molar-refractivity contribution is 5.86. The number of benzene rings is 2. The lowest BCUT2D eigenvalue weighted by molar-refractivity contribution is 1.33.